The topological polar surface area (TPSA) is 932 Å². The maximum atomic E-state index is 13.0. The molecule has 4 aliphatic rings. The normalized spacial score (nSPS) is 10.6. The molecule has 752 valence electrons. The zero-order valence-corrected chi connectivity index (χ0v) is 80.0. The zero-order valence-electron chi connectivity index (χ0n) is 80.0. The van der Waals surface area contributed by atoms with Gasteiger partial charge in [-0.05, 0) is 142 Å². The maximum absolute atomic E-state index is 13.0. The summed E-state index contributed by atoms with van der Waals surface area (Å²) in [6.45, 7) is 41.0. The third-order valence-electron chi connectivity index (χ3n) is 16.3. The number of para-hydroxylation sites is 2. The van der Waals surface area contributed by atoms with Crippen LogP contribution >= 0.6 is 0 Å². The molecule has 127 heavy (non-hydrogen) atoms. The number of likely N-dealkylation sites (N-methyl/N-ethyl adjacent to an activating group) is 1. The molecule has 2 saturated heterocycles. The molecule has 0 radical (unpaired) electrons. The molecule has 41 heteroatoms. The zero-order chi connectivity index (χ0) is 88.5. The summed E-state index contributed by atoms with van der Waals surface area (Å²) in [7, 11) is 3.15. The van der Waals surface area contributed by atoms with Gasteiger partial charge in [-0.1, -0.05) is 210 Å². The van der Waals surface area contributed by atoms with Gasteiger partial charge in [0.2, 0.25) is 17.7 Å². The van der Waals surface area contributed by atoms with Crippen molar-refractivity contribution in [3.63, 3.8) is 0 Å². The average molecular weight is 1830 g/mol. The van der Waals surface area contributed by atoms with Crippen LogP contribution in [0.5, 0.6) is 0 Å². The average Bonchev–Trinajstić information content (AvgIpc) is 1.70. The highest BCUT2D eigenvalue weighted by Gasteiger charge is 2.19. The molecule has 3 amide bonds. The minimum atomic E-state index is -0.681. The molecular weight excluding hydrogens is 1640 g/mol. The molecule has 2 aromatic heterocycles. The summed E-state index contributed by atoms with van der Waals surface area (Å²) in [5, 5.41) is 16.7. The van der Waals surface area contributed by atoms with Gasteiger partial charge in [0.05, 0.1) is 0 Å². The minimum absolute atomic E-state index is 0. The second-order valence-corrected chi connectivity index (χ2v) is 23.8. The summed E-state index contributed by atoms with van der Waals surface area (Å²) < 4.78 is 13.0. The molecule has 0 unspecified atom stereocenters. The number of aryl methyl sites for hydroxylation is 3. The van der Waals surface area contributed by atoms with E-state index in [4.69, 9.17) is 70.9 Å². The lowest BCUT2D eigenvalue weighted by Gasteiger charge is -2.18. The van der Waals surface area contributed by atoms with Crippen molar-refractivity contribution in [2.75, 3.05) is 53.4 Å². The second kappa shape index (κ2) is 152. The molecule has 4 heterocycles. The fourth-order valence-corrected chi connectivity index (χ4v) is 10.6. The molecule has 0 spiro atoms. The number of nitrogens with zero attached hydrogens (tertiary/aromatic N) is 2. The third-order valence-corrected chi connectivity index (χ3v) is 16.3. The number of H-pyrrole nitrogens is 2. The largest absolute Gasteiger partial charge is 0.370 e. The lowest BCUT2D eigenvalue weighted by Crippen LogP contribution is -2.46. The highest BCUT2D eigenvalue weighted by molar-refractivity contribution is 5.87. The van der Waals surface area contributed by atoms with E-state index in [0.29, 0.717) is 12.0 Å². The molecular formula is C86H188FN27O13. The smallest absolute Gasteiger partial charge is 0.242 e. The Morgan fingerprint density at radius 2 is 0.740 bits per heavy atom. The summed E-state index contributed by atoms with van der Waals surface area (Å²) in [5.41, 5.74) is 27.4. The van der Waals surface area contributed by atoms with Crippen LogP contribution in [0.3, 0.4) is 0 Å². The maximum Gasteiger partial charge on any atom is 0.242 e. The van der Waals surface area contributed by atoms with Gasteiger partial charge in [-0.2, -0.15) is 0 Å². The number of aromatic amines is 2. The second-order valence-electron chi connectivity index (χ2n) is 23.8. The van der Waals surface area contributed by atoms with Crippen molar-refractivity contribution in [2.45, 2.75) is 215 Å². The van der Waals surface area contributed by atoms with Gasteiger partial charge >= 0.3 is 0 Å². The number of halogens is 1. The first-order chi connectivity index (χ1) is 55.1. The molecule has 6 aromatic rings. The summed E-state index contributed by atoms with van der Waals surface area (Å²) >= 11 is 0. The van der Waals surface area contributed by atoms with Crippen molar-refractivity contribution in [1.29, 1.82) is 0 Å². The van der Waals surface area contributed by atoms with Crippen LogP contribution in [0.1, 0.15) is 206 Å². The lowest BCUT2D eigenvalue weighted by molar-refractivity contribution is -0.127. The van der Waals surface area contributed by atoms with Crippen molar-refractivity contribution in [3.8, 4) is 0 Å². The van der Waals surface area contributed by atoms with Crippen LogP contribution in [-0.2, 0) is 88.0 Å². The monoisotopic (exact) mass is 1830 g/mol. The third kappa shape index (κ3) is 117. The van der Waals surface area contributed by atoms with E-state index in [1.807, 2.05) is 98.2 Å². The molecule has 10 rings (SSSR count). The Hall–Kier alpha value is -11.1. The predicted octanol–water partition coefficient (Wildman–Crippen LogP) is 14.7. The van der Waals surface area contributed by atoms with Crippen LogP contribution in [0.4, 0.5) is 4.39 Å². The van der Waals surface area contributed by atoms with Crippen molar-refractivity contribution in [3.05, 3.63) is 144 Å². The molecule has 2 aliphatic heterocycles. The van der Waals surface area contributed by atoms with Crippen LogP contribution in [0.2, 0.25) is 0 Å². The Kier molecular flexibility index (Phi) is 217. The van der Waals surface area contributed by atoms with Gasteiger partial charge in [0.15, 0.2) is 11.9 Å². The number of hydrogen-bond donors (Lipinski definition) is 25. The van der Waals surface area contributed by atoms with Gasteiger partial charge in [0, 0.05) is 81.1 Å². The van der Waals surface area contributed by atoms with E-state index in [1.165, 1.54) is 194 Å². The number of rotatable bonds is 17. The van der Waals surface area contributed by atoms with Crippen molar-refractivity contribution in [1.82, 2.24) is 123 Å². The molecule has 2 saturated carbocycles. The van der Waals surface area contributed by atoms with Crippen LogP contribution in [0.15, 0.2) is 126 Å². The van der Waals surface area contributed by atoms with Gasteiger partial charge in [0.25, 0.3) is 0 Å². The first-order valence-electron chi connectivity index (χ1n) is 38.1. The Morgan fingerprint density at radius 1 is 0.425 bits per heavy atom. The number of aromatic nitrogens is 2. The summed E-state index contributed by atoms with van der Waals surface area (Å²) in [6.07, 6.45) is 35.9. The van der Waals surface area contributed by atoms with Gasteiger partial charge in [-0.3, -0.25) is 24.4 Å². The number of nitrogens with two attached hydrogens (primary N) is 4. The predicted molar refractivity (Wildman–Crippen MR) is 537 cm³/mol. The van der Waals surface area contributed by atoms with Crippen LogP contribution < -0.4 is 136 Å². The van der Waals surface area contributed by atoms with Crippen LogP contribution in [-0.4, -0.2) is 167 Å². The number of nitrogens with one attached hydrogen (secondary N) is 7. The van der Waals surface area contributed by atoms with Crippen molar-refractivity contribution < 1.29 is 66.7 Å². The number of amides is 3. The Morgan fingerprint density at radius 3 is 0.992 bits per heavy atom. The van der Waals surface area contributed by atoms with Crippen molar-refractivity contribution >= 4 is 119 Å². The molecule has 57 N–H and O–H groups in total. The fraction of sp³-hybridized carbons (Fsp3) is 0.500. The molecule has 4 aromatic carbocycles. The Bertz CT molecular complexity index is 2910. The number of carbonyl (C=O) groups excluding carboxylic acids is 13. The van der Waals surface area contributed by atoms with Gasteiger partial charge < -0.3 is 194 Å². The number of hydrogen-bond acceptors (Lipinski definition) is 31. The number of unbranched alkanes of at least 4 members (excludes halogenated alkanes) is 2. The van der Waals surface area contributed by atoms with E-state index >= 15 is 0 Å². The molecule has 0 bridgehead atoms. The van der Waals surface area contributed by atoms with Gasteiger partial charge in [-0.15, -0.1) is 0 Å². The number of aliphatic imine (C=N–C) groups is 2. The van der Waals surface area contributed by atoms with Gasteiger partial charge in [0.1, 0.15) is 79.7 Å². The molecule has 2 aliphatic carbocycles. The fourth-order valence-electron chi connectivity index (χ4n) is 10.6. The summed E-state index contributed by atoms with van der Waals surface area (Å²) in [5.74, 6) is 1.70. The quantitative estimate of drug-likeness (QED) is 0.0229. The lowest BCUT2D eigenvalue weighted by atomic mass is 9.88. The van der Waals surface area contributed by atoms with Crippen molar-refractivity contribution in [2.24, 2.45) is 44.8 Å². The molecule has 1 atom stereocenters. The van der Waals surface area contributed by atoms with E-state index in [2.05, 4.69) is 149 Å². The van der Waals surface area contributed by atoms with Crippen LogP contribution in [0, 0.1) is 17.7 Å². The summed E-state index contributed by atoms with van der Waals surface area (Å²) in [4.78, 5) is 127. The number of carbonyl (C=O) groups is 13. The number of benzene rings is 4. The number of guanidine groups is 2. The number of fused-ring (bicyclic) bond motifs is 2. The van der Waals surface area contributed by atoms with E-state index < -0.39 is 6.04 Å². The minimum Gasteiger partial charge on any atom is -0.370 e. The highest BCUT2D eigenvalue weighted by Crippen LogP contribution is 2.26. The standard InChI is InChI=1S/C12H15FN2O2.C10H13NO.2C10H11N.2C8H16.2C5H13N3.2C4H9N.10CH2O.14H3N/c1-8(16)15-11(12(17)14-2)7-9-4-3-5-10(13)6-9;1-11-10(12)8-7-9-5-3-2-4-6-9;2*1-2-8-7-11-10-6-4-3-5-9(8)10;2*1-2-8-6-4-3-5-7-8;2*1-2-3-4-8-5(6)7;2*1-2-4-5-3-1;10*1-2;;;;;;;;;;;;;;/h3-6,11H,7H2,1-2H3,(H,14,17)(H,15,16);2-6H,7-8H2,1H3,(H,11,12);2*3-7,11H,2H2,1H3;2*8H,2-7H2,1H3;2*2-4H2,1H3,(H4,6,7,8);2*5H,1-4H2;10*1H2;14*1H3/t11-;;;;;;;;;;;;;;;;;;;;;;;;;;;;;;;;;/m0................................./s1. The van der Waals surface area contributed by atoms with E-state index in [1.54, 1.807) is 19.2 Å². The Labute approximate surface area is 762 Å². The molecule has 4 fully saturated rings. The Balaban J connectivity index is -0.0000000412. The first-order valence-corrected chi connectivity index (χ1v) is 38.1. The summed E-state index contributed by atoms with van der Waals surface area (Å²) in [6, 6.07) is 32.1. The SMILES string of the molecule is C1CCNC1.C1CCNC1.C=O.C=O.C=O.C=O.C=O.C=O.C=O.C=O.C=O.C=O.CCC1CCCCC1.CCC1CCCCC1.CCCCN=C(N)N.CCCCN=C(N)N.CCc1c[nH]c2ccccc12.CCc1c[nH]c2ccccc12.CNC(=O)CCc1ccccc1.CNC(=O)[C@H](Cc1cccc(F)c1)NC(C)=O.N.N.N.N.N.N.N.N.N.N.N.N.N.N. The van der Waals surface area contributed by atoms with Gasteiger partial charge in [-0.25, -0.2) is 4.39 Å². The van der Waals surface area contributed by atoms with E-state index in [0.717, 1.165) is 69.9 Å². The van der Waals surface area contributed by atoms with E-state index in [9.17, 15) is 18.8 Å². The van der Waals surface area contributed by atoms with Crippen LogP contribution in [0.25, 0.3) is 21.8 Å². The highest BCUT2D eigenvalue weighted by atomic mass is 19.1. The first kappa shape index (κ1) is 181. The van der Waals surface area contributed by atoms with E-state index in [-0.39, 0.29) is 128 Å². The molecule has 40 nitrogen and oxygen atoms in total.